The number of ether oxygens (including phenoxy) is 1. The largest absolute Gasteiger partial charge is 0.444 e. The van der Waals surface area contributed by atoms with Crippen LogP contribution in [0.5, 0.6) is 0 Å². The second-order valence-electron chi connectivity index (χ2n) is 10.3. The fraction of sp³-hybridized carbons (Fsp3) is 0.909. The first-order chi connectivity index (χ1) is 12.9. The van der Waals surface area contributed by atoms with Crippen LogP contribution in [0, 0.1) is 5.92 Å². The Labute approximate surface area is 175 Å². The molecule has 2 amide bonds. The molecule has 2 saturated heterocycles. The Kier molecular flexibility index (Phi) is 8.12. The molecule has 2 heterocycles. The summed E-state index contributed by atoms with van der Waals surface area (Å²) in [6.07, 6.45) is 5.66. The van der Waals surface area contributed by atoms with Gasteiger partial charge >= 0.3 is 6.09 Å². The molecule has 28 heavy (non-hydrogen) atoms. The van der Waals surface area contributed by atoms with Gasteiger partial charge in [0.25, 0.3) is 0 Å². The van der Waals surface area contributed by atoms with E-state index in [9.17, 15) is 9.59 Å². The third kappa shape index (κ3) is 7.84. The fourth-order valence-corrected chi connectivity index (χ4v) is 4.90. The molecule has 0 aromatic carbocycles. The van der Waals surface area contributed by atoms with E-state index in [1.54, 1.807) is 4.90 Å². The van der Waals surface area contributed by atoms with Gasteiger partial charge in [-0.1, -0.05) is 20.8 Å². The van der Waals surface area contributed by atoms with Crippen LogP contribution >= 0.6 is 11.8 Å². The Balaban J connectivity index is 1.81. The third-order valence-corrected chi connectivity index (χ3v) is 6.80. The lowest BCUT2D eigenvalue weighted by atomic mass is 9.92. The topological polar surface area (TPSA) is 49.9 Å². The Hall–Kier alpha value is -0.910. The lowest BCUT2D eigenvalue weighted by Crippen LogP contribution is -2.47. The molecule has 2 aliphatic heterocycles. The number of nitrogens with zero attached hydrogens (tertiary/aromatic N) is 2. The summed E-state index contributed by atoms with van der Waals surface area (Å²) in [6, 6.07) is 0.382. The van der Waals surface area contributed by atoms with Crippen LogP contribution < -0.4 is 0 Å². The third-order valence-electron chi connectivity index (χ3n) is 5.39. The molecule has 1 unspecified atom stereocenters. The number of likely N-dealkylation sites (tertiary alicyclic amines) is 2. The second-order valence-corrected chi connectivity index (χ2v) is 12.1. The summed E-state index contributed by atoms with van der Waals surface area (Å²) in [5.41, 5.74) is -0.460. The molecule has 2 fully saturated rings. The Morgan fingerprint density at radius 3 is 2.18 bits per heavy atom. The van der Waals surface area contributed by atoms with Crippen LogP contribution in [0.1, 0.15) is 80.1 Å². The average molecular weight is 413 g/mol. The molecule has 6 heteroatoms. The van der Waals surface area contributed by atoms with Gasteiger partial charge in [-0.15, -0.1) is 0 Å². The van der Waals surface area contributed by atoms with Gasteiger partial charge < -0.3 is 14.5 Å². The molecule has 0 N–H and O–H groups in total. The number of amides is 2. The molecular formula is C22H40N2O3S. The number of thioether (sulfide) groups is 1. The van der Waals surface area contributed by atoms with E-state index in [0.717, 1.165) is 38.0 Å². The van der Waals surface area contributed by atoms with E-state index in [1.807, 2.05) is 32.5 Å². The Bertz CT molecular complexity index is 531. The highest BCUT2D eigenvalue weighted by Gasteiger charge is 2.32. The predicted molar refractivity (Wildman–Crippen MR) is 117 cm³/mol. The molecule has 1 atom stereocenters. The first-order valence-corrected chi connectivity index (χ1v) is 11.8. The average Bonchev–Trinajstić information content (AvgIpc) is 2.58. The predicted octanol–water partition coefficient (Wildman–Crippen LogP) is 4.94. The number of carbonyl (C=O) groups excluding carboxylic acids is 2. The van der Waals surface area contributed by atoms with E-state index < -0.39 is 5.60 Å². The highest BCUT2D eigenvalue weighted by molar-refractivity contribution is 8.00. The zero-order chi connectivity index (χ0) is 20.9. The molecule has 2 aliphatic rings. The normalized spacial score (nSPS) is 22.3. The van der Waals surface area contributed by atoms with E-state index in [0.29, 0.717) is 37.4 Å². The number of hydrogen-bond donors (Lipinski definition) is 0. The Morgan fingerprint density at radius 1 is 0.964 bits per heavy atom. The standard InChI is InChI=1S/C22H40N2O3S/c1-21(2,3)27-20(26)23-13-10-17(11-14-23)15-19(25)24-12-8-7-9-18(24)16-28-22(4,5)6/h17-18H,7-16H2,1-6H3. The summed E-state index contributed by atoms with van der Waals surface area (Å²) >= 11 is 1.96. The van der Waals surface area contributed by atoms with Gasteiger partial charge in [0.1, 0.15) is 5.60 Å². The highest BCUT2D eigenvalue weighted by atomic mass is 32.2. The van der Waals surface area contributed by atoms with E-state index in [2.05, 4.69) is 25.7 Å². The van der Waals surface area contributed by atoms with Crippen molar-refractivity contribution in [3.05, 3.63) is 0 Å². The van der Waals surface area contributed by atoms with Crippen molar-refractivity contribution in [3.63, 3.8) is 0 Å². The first kappa shape index (κ1) is 23.4. The molecule has 0 spiro atoms. The zero-order valence-electron chi connectivity index (χ0n) is 18.8. The summed E-state index contributed by atoms with van der Waals surface area (Å²) in [7, 11) is 0. The van der Waals surface area contributed by atoms with E-state index in [-0.39, 0.29) is 10.8 Å². The van der Waals surface area contributed by atoms with Gasteiger partial charge in [0.2, 0.25) is 5.91 Å². The summed E-state index contributed by atoms with van der Waals surface area (Å²) in [6.45, 7) is 14.7. The van der Waals surface area contributed by atoms with Crippen molar-refractivity contribution in [2.75, 3.05) is 25.4 Å². The minimum absolute atomic E-state index is 0.229. The van der Waals surface area contributed by atoms with Crippen molar-refractivity contribution in [2.24, 2.45) is 5.92 Å². The maximum Gasteiger partial charge on any atom is 0.410 e. The molecule has 162 valence electrons. The van der Waals surface area contributed by atoms with Gasteiger partial charge in [-0.3, -0.25) is 4.79 Å². The summed E-state index contributed by atoms with van der Waals surface area (Å²) in [4.78, 5) is 29.2. The van der Waals surface area contributed by atoms with Crippen LogP contribution in [0.3, 0.4) is 0 Å². The first-order valence-electron chi connectivity index (χ1n) is 10.9. The van der Waals surface area contributed by atoms with Crippen LogP contribution in [0.15, 0.2) is 0 Å². The molecule has 0 radical (unpaired) electrons. The second kappa shape index (κ2) is 9.73. The van der Waals surface area contributed by atoms with E-state index in [4.69, 9.17) is 4.74 Å². The molecule has 0 saturated carbocycles. The maximum absolute atomic E-state index is 13.0. The van der Waals surface area contributed by atoms with Crippen LogP contribution in [-0.2, 0) is 9.53 Å². The maximum atomic E-state index is 13.0. The number of carbonyl (C=O) groups is 2. The summed E-state index contributed by atoms with van der Waals surface area (Å²) < 4.78 is 5.70. The van der Waals surface area contributed by atoms with Crippen molar-refractivity contribution in [1.82, 2.24) is 9.80 Å². The fourth-order valence-electron chi connectivity index (χ4n) is 3.86. The van der Waals surface area contributed by atoms with Gasteiger partial charge in [0, 0.05) is 42.6 Å². The highest BCUT2D eigenvalue weighted by Crippen LogP contribution is 2.30. The number of piperidine rings is 2. The smallest absolute Gasteiger partial charge is 0.410 e. The van der Waals surface area contributed by atoms with Crippen molar-refractivity contribution in [1.29, 1.82) is 0 Å². The number of hydrogen-bond acceptors (Lipinski definition) is 4. The molecule has 0 aliphatic carbocycles. The quantitative estimate of drug-likeness (QED) is 0.656. The molecule has 0 aromatic rings. The van der Waals surface area contributed by atoms with Gasteiger partial charge in [0.05, 0.1) is 0 Å². The van der Waals surface area contributed by atoms with Gasteiger partial charge in [-0.25, -0.2) is 4.79 Å². The lowest BCUT2D eigenvalue weighted by molar-refractivity contribution is -0.135. The number of rotatable bonds is 4. The SMILES string of the molecule is CC(C)(C)OC(=O)N1CCC(CC(=O)N2CCCCC2CSC(C)(C)C)CC1. The van der Waals surface area contributed by atoms with Crippen LogP contribution in [-0.4, -0.2) is 63.6 Å². The summed E-state index contributed by atoms with van der Waals surface area (Å²) in [5.74, 6) is 1.73. The minimum Gasteiger partial charge on any atom is -0.444 e. The monoisotopic (exact) mass is 412 g/mol. The van der Waals surface area contributed by atoms with Crippen LogP contribution in [0.2, 0.25) is 0 Å². The van der Waals surface area contributed by atoms with Crippen molar-refractivity contribution in [2.45, 2.75) is 96.5 Å². The summed E-state index contributed by atoms with van der Waals surface area (Å²) in [5, 5.41) is 0. The van der Waals surface area contributed by atoms with Crippen molar-refractivity contribution in [3.8, 4) is 0 Å². The molecule has 2 rings (SSSR count). The van der Waals surface area contributed by atoms with Crippen LogP contribution in [0.25, 0.3) is 0 Å². The van der Waals surface area contributed by atoms with Crippen LogP contribution in [0.4, 0.5) is 4.79 Å². The molecular weight excluding hydrogens is 372 g/mol. The van der Waals surface area contributed by atoms with Gasteiger partial charge in [0.15, 0.2) is 0 Å². The molecule has 5 nitrogen and oxygen atoms in total. The molecule has 0 aromatic heterocycles. The molecule has 0 bridgehead atoms. The van der Waals surface area contributed by atoms with Crippen molar-refractivity contribution < 1.29 is 14.3 Å². The minimum atomic E-state index is -0.460. The zero-order valence-corrected chi connectivity index (χ0v) is 19.6. The van der Waals surface area contributed by atoms with Gasteiger partial charge in [-0.2, -0.15) is 11.8 Å². The lowest BCUT2D eigenvalue weighted by Gasteiger charge is -2.38. The van der Waals surface area contributed by atoms with E-state index in [1.165, 1.54) is 6.42 Å². The van der Waals surface area contributed by atoms with Crippen molar-refractivity contribution >= 4 is 23.8 Å². The van der Waals surface area contributed by atoms with E-state index >= 15 is 0 Å². The van der Waals surface area contributed by atoms with Gasteiger partial charge in [-0.05, 0) is 58.8 Å². The Morgan fingerprint density at radius 2 is 1.61 bits per heavy atom.